The van der Waals surface area contributed by atoms with Gasteiger partial charge in [0.05, 0.1) is 13.2 Å². The van der Waals surface area contributed by atoms with Gasteiger partial charge in [0.25, 0.3) is 11.8 Å². The number of carbonyl (C=O) groups is 2. The highest BCUT2D eigenvalue weighted by atomic mass is 33.1. The Labute approximate surface area is 187 Å². The Kier molecular flexibility index (Phi) is 14.1. The molecule has 1 aromatic carbocycles. The average molecular weight is 454 g/mol. The van der Waals surface area contributed by atoms with Crippen LogP contribution in [-0.4, -0.2) is 57.0 Å². The Morgan fingerprint density at radius 2 is 1.83 bits per heavy atom. The molecule has 0 radical (unpaired) electrons. The highest BCUT2D eigenvalue weighted by Crippen LogP contribution is 2.41. The van der Waals surface area contributed by atoms with Crippen LogP contribution in [0.1, 0.15) is 42.1 Å². The number of hydrogen-bond acceptors (Lipinski definition) is 7. The Balaban J connectivity index is 2.56. The topological polar surface area (TPSA) is 88.7 Å². The van der Waals surface area contributed by atoms with Crippen LogP contribution in [0.2, 0.25) is 0 Å². The standard InChI is InChI=1S/C21H31N3O4S2/c1-5-10-23-19(25)15-27-13-14-28-21(30-29-16(2)3)18-8-6-17(7-9-18)20(26)24-12-11-22-4/h6-9,16,21-22H,11-15H2,1-4H3,(H,23,25)(H,24,26). The molecule has 7 nitrogen and oxygen atoms in total. The number of ether oxygens (including phenoxy) is 2. The molecule has 1 aromatic rings. The fourth-order valence-electron chi connectivity index (χ4n) is 2.08. The molecule has 1 unspecified atom stereocenters. The SMILES string of the molecule is CC#CNC(=O)COCCOC(SSC(C)C)c1ccc(C(=O)NCCNC)cc1. The zero-order chi connectivity index (χ0) is 22.2. The van der Waals surface area contributed by atoms with Crippen molar-refractivity contribution in [2.24, 2.45) is 0 Å². The second-order valence-electron chi connectivity index (χ2n) is 6.40. The molecule has 3 N–H and O–H groups in total. The molecule has 0 bridgehead atoms. The fourth-order valence-corrected chi connectivity index (χ4v) is 4.30. The first kappa shape index (κ1) is 26.3. The summed E-state index contributed by atoms with van der Waals surface area (Å²) >= 11 is 0. The van der Waals surface area contributed by atoms with E-state index in [0.29, 0.717) is 30.6 Å². The summed E-state index contributed by atoms with van der Waals surface area (Å²) in [6.07, 6.45) is 0. The van der Waals surface area contributed by atoms with Gasteiger partial charge in [0.2, 0.25) is 0 Å². The minimum Gasteiger partial charge on any atom is -0.369 e. The van der Waals surface area contributed by atoms with Crippen molar-refractivity contribution in [3.05, 3.63) is 35.4 Å². The van der Waals surface area contributed by atoms with Gasteiger partial charge in [-0.05, 0) is 31.7 Å². The predicted octanol–water partition coefficient (Wildman–Crippen LogP) is 2.55. The quantitative estimate of drug-likeness (QED) is 0.131. The molecule has 166 valence electrons. The summed E-state index contributed by atoms with van der Waals surface area (Å²) in [4.78, 5) is 23.6. The normalized spacial score (nSPS) is 11.5. The lowest BCUT2D eigenvalue weighted by Gasteiger charge is -2.19. The van der Waals surface area contributed by atoms with E-state index >= 15 is 0 Å². The summed E-state index contributed by atoms with van der Waals surface area (Å²) in [5.74, 6) is 2.20. The first-order valence-electron chi connectivity index (χ1n) is 9.72. The van der Waals surface area contributed by atoms with Gasteiger partial charge in [-0.2, -0.15) is 0 Å². The summed E-state index contributed by atoms with van der Waals surface area (Å²) in [7, 11) is 5.19. The number of hydrogen-bond donors (Lipinski definition) is 3. The molecular formula is C21H31N3O4S2. The van der Waals surface area contributed by atoms with Gasteiger partial charge in [-0.3, -0.25) is 14.9 Å². The molecule has 2 amide bonds. The third-order valence-electron chi connectivity index (χ3n) is 3.50. The molecule has 0 saturated heterocycles. The van der Waals surface area contributed by atoms with Crippen molar-refractivity contribution in [1.82, 2.24) is 16.0 Å². The third-order valence-corrected chi connectivity index (χ3v) is 6.59. The van der Waals surface area contributed by atoms with Gasteiger partial charge in [0, 0.05) is 29.9 Å². The lowest BCUT2D eigenvalue weighted by molar-refractivity contribution is -0.125. The number of amides is 2. The van der Waals surface area contributed by atoms with Gasteiger partial charge in [-0.15, -0.1) is 0 Å². The minimum absolute atomic E-state index is 0.0616. The van der Waals surface area contributed by atoms with Gasteiger partial charge in [-0.25, -0.2) is 0 Å². The van der Waals surface area contributed by atoms with Crippen molar-refractivity contribution in [2.75, 3.05) is 40.0 Å². The number of benzene rings is 1. The summed E-state index contributed by atoms with van der Waals surface area (Å²) in [6.45, 7) is 7.75. The largest absolute Gasteiger partial charge is 0.369 e. The van der Waals surface area contributed by atoms with E-state index in [-0.39, 0.29) is 23.9 Å². The molecular weight excluding hydrogens is 422 g/mol. The Hall–Kier alpha value is -1.70. The van der Waals surface area contributed by atoms with E-state index in [9.17, 15) is 9.59 Å². The zero-order valence-corrected chi connectivity index (χ0v) is 19.6. The number of carbonyl (C=O) groups excluding carboxylic acids is 2. The minimum atomic E-state index is -0.283. The Morgan fingerprint density at radius 1 is 1.10 bits per heavy atom. The lowest BCUT2D eigenvalue weighted by atomic mass is 10.1. The summed E-state index contributed by atoms with van der Waals surface area (Å²) in [5.41, 5.74) is 1.37. The molecule has 0 fully saturated rings. The maximum absolute atomic E-state index is 12.1. The summed E-state index contributed by atoms with van der Waals surface area (Å²) < 4.78 is 11.3. The van der Waals surface area contributed by atoms with Crippen LogP contribution in [0.4, 0.5) is 0 Å². The van der Waals surface area contributed by atoms with E-state index in [1.165, 1.54) is 0 Å². The fraction of sp³-hybridized carbons (Fsp3) is 0.524. The number of nitrogens with one attached hydrogen (secondary N) is 3. The van der Waals surface area contributed by atoms with Crippen LogP contribution in [0, 0.1) is 12.0 Å². The molecule has 9 heteroatoms. The molecule has 0 saturated carbocycles. The van der Waals surface area contributed by atoms with E-state index in [2.05, 4.69) is 41.8 Å². The molecule has 0 spiro atoms. The van der Waals surface area contributed by atoms with Crippen molar-refractivity contribution < 1.29 is 19.1 Å². The monoisotopic (exact) mass is 453 g/mol. The Bertz CT molecular complexity index is 702. The van der Waals surface area contributed by atoms with Crippen LogP contribution < -0.4 is 16.0 Å². The van der Waals surface area contributed by atoms with E-state index in [4.69, 9.17) is 9.47 Å². The highest BCUT2D eigenvalue weighted by molar-refractivity contribution is 8.76. The zero-order valence-electron chi connectivity index (χ0n) is 17.9. The van der Waals surface area contributed by atoms with Gasteiger partial charge in [0.15, 0.2) is 0 Å². The number of rotatable bonds is 14. The first-order valence-corrected chi connectivity index (χ1v) is 12.0. The van der Waals surface area contributed by atoms with Crippen LogP contribution in [0.25, 0.3) is 0 Å². The predicted molar refractivity (Wildman–Crippen MR) is 124 cm³/mol. The van der Waals surface area contributed by atoms with E-state index in [1.807, 2.05) is 19.2 Å². The van der Waals surface area contributed by atoms with Crippen molar-refractivity contribution >= 4 is 33.4 Å². The van der Waals surface area contributed by atoms with Crippen LogP contribution in [-0.2, 0) is 14.3 Å². The van der Waals surface area contributed by atoms with Gasteiger partial charge >= 0.3 is 0 Å². The van der Waals surface area contributed by atoms with E-state index in [1.54, 1.807) is 40.6 Å². The van der Waals surface area contributed by atoms with Crippen molar-refractivity contribution in [1.29, 1.82) is 0 Å². The van der Waals surface area contributed by atoms with Gasteiger partial charge in [0.1, 0.15) is 12.0 Å². The molecule has 1 rings (SSSR count). The smallest absolute Gasteiger partial charge is 0.257 e. The molecule has 1 atom stereocenters. The highest BCUT2D eigenvalue weighted by Gasteiger charge is 2.15. The molecule has 0 aromatic heterocycles. The molecule has 0 aliphatic heterocycles. The first-order chi connectivity index (χ1) is 14.5. The molecule has 0 heterocycles. The van der Waals surface area contributed by atoms with Crippen LogP contribution in [0.5, 0.6) is 0 Å². The maximum atomic E-state index is 12.1. The molecule has 0 aliphatic rings. The maximum Gasteiger partial charge on any atom is 0.257 e. The van der Waals surface area contributed by atoms with Crippen molar-refractivity contribution in [3.8, 4) is 12.0 Å². The number of likely N-dealkylation sites (N-methyl/N-ethyl adjacent to an activating group) is 1. The molecule has 0 aliphatic carbocycles. The van der Waals surface area contributed by atoms with E-state index < -0.39 is 0 Å². The van der Waals surface area contributed by atoms with Crippen molar-refractivity contribution in [2.45, 2.75) is 31.5 Å². The lowest BCUT2D eigenvalue weighted by Crippen LogP contribution is -2.30. The van der Waals surface area contributed by atoms with Gasteiger partial charge in [-0.1, -0.05) is 53.5 Å². The molecule has 30 heavy (non-hydrogen) atoms. The second-order valence-corrected chi connectivity index (χ2v) is 9.31. The van der Waals surface area contributed by atoms with Crippen molar-refractivity contribution in [3.63, 3.8) is 0 Å². The summed E-state index contributed by atoms with van der Waals surface area (Å²) in [5, 5.41) is 8.70. The Morgan fingerprint density at radius 3 is 2.47 bits per heavy atom. The van der Waals surface area contributed by atoms with Crippen LogP contribution in [0.3, 0.4) is 0 Å². The second kappa shape index (κ2) is 16.1. The van der Waals surface area contributed by atoms with Gasteiger partial charge < -0.3 is 20.1 Å². The summed E-state index contributed by atoms with van der Waals surface area (Å²) in [6, 6.07) is 9.90. The van der Waals surface area contributed by atoms with Crippen LogP contribution >= 0.6 is 21.6 Å². The third kappa shape index (κ3) is 11.5. The van der Waals surface area contributed by atoms with E-state index in [0.717, 1.165) is 12.1 Å². The van der Waals surface area contributed by atoms with Crippen LogP contribution in [0.15, 0.2) is 24.3 Å². The average Bonchev–Trinajstić information content (AvgIpc) is 2.74.